The smallest absolute Gasteiger partial charge is 0.296 e. The van der Waals surface area contributed by atoms with Gasteiger partial charge < -0.3 is 10.1 Å². The Balaban J connectivity index is 1.49. The SMILES string of the molecule is Cc1ccc2nc(N3C(=O)C(O)=C(C(=O)c4sc(-c5ccccc5)nc4C)C3c3ccc(C(C)(C)C)cc3)[nH]c2c1. The van der Waals surface area contributed by atoms with Crippen LogP contribution in [0.25, 0.3) is 21.6 Å². The molecule has 206 valence electrons. The zero-order chi connectivity index (χ0) is 29.1. The molecule has 0 fully saturated rings. The number of ketones is 1. The molecule has 1 amide bonds. The predicted molar refractivity (Wildman–Crippen MR) is 162 cm³/mol. The maximum Gasteiger partial charge on any atom is 0.296 e. The van der Waals surface area contributed by atoms with Crippen molar-refractivity contribution in [1.82, 2.24) is 15.0 Å². The number of aryl methyl sites for hydroxylation is 2. The first-order valence-corrected chi connectivity index (χ1v) is 14.3. The topological polar surface area (TPSA) is 99.2 Å². The molecule has 2 N–H and O–H groups in total. The minimum atomic E-state index is -0.882. The van der Waals surface area contributed by atoms with Gasteiger partial charge in [-0.3, -0.25) is 14.5 Å². The largest absolute Gasteiger partial charge is 0.503 e. The molecule has 6 rings (SSSR count). The van der Waals surface area contributed by atoms with Crippen molar-refractivity contribution in [3.05, 3.63) is 111 Å². The van der Waals surface area contributed by atoms with Crippen LogP contribution in [0.15, 0.2) is 84.1 Å². The summed E-state index contributed by atoms with van der Waals surface area (Å²) < 4.78 is 0. The molecule has 1 aliphatic rings. The lowest BCUT2D eigenvalue weighted by Gasteiger charge is -2.26. The molecular weight excluding hydrogens is 532 g/mol. The van der Waals surface area contributed by atoms with E-state index in [0.29, 0.717) is 26.7 Å². The van der Waals surface area contributed by atoms with Crippen LogP contribution in [0.1, 0.15) is 58.9 Å². The van der Waals surface area contributed by atoms with Crippen molar-refractivity contribution < 1.29 is 14.7 Å². The molecule has 3 heterocycles. The van der Waals surface area contributed by atoms with Gasteiger partial charge in [0.25, 0.3) is 5.91 Å². The fourth-order valence-electron chi connectivity index (χ4n) is 5.19. The van der Waals surface area contributed by atoms with E-state index in [2.05, 4.69) is 35.7 Å². The number of nitrogens with one attached hydrogen (secondary N) is 1. The number of imidazole rings is 1. The highest BCUT2D eigenvalue weighted by Crippen LogP contribution is 2.43. The molecule has 0 saturated carbocycles. The number of amides is 1. The van der Waals surface area contributed by atoms with Gasteiger partial charge in [-0.2, -0.15) is 0 Å². The van der Waals surface area contributed by atoms with E-state index >= 15 is 0 Å². The van der Waals surface area contributed by atoms with E-state index in [1.165, 1.54) is 16.2 Å². The van der Waals surface area contributed by atoms with E-state index in [1.807, 2.05) is 79.7 Å². The van der Waals surface area contributed by atoms with E-state index in [0.717, 1.165) is 22.2 Å². The van der Waals surface area contributed by atoms with Crippen molar-refractivity contribution in [2.75, 3.05) is 4.90 Å². The summed E-state index contributed by atoms with van der Waals surface area (Å²) in [4.78, 5) is 42.3. The summed E-state index contributed by atoms with van der Waals surface area (Å²) in [5, 5.41) is 12.0. The molecule has 0 bridgehead atoms. The number of thiazole rings is 1. The predicted octanol–water partition coefficient (Wildman–Crippen LogP) is 7.38. The average Bonchev–Trinajstić information content (AvgIpc) is 3.62. The number of aliphatic hydroxyl groups is 1. The van der Waals surface area contributed by atoms with Crippen LogP contribution in [0.2, 0.25) is 0 Å². The number of hydrogen-bond acceptors (Lipinski definition) is 6. The number of benzene rings is 3. The van der Waals surface area contributed by atoms with Gasteiger partial charge in [0.05, 0.1) is 33.2 Å². The highest BCUT2D eigenvalue weighted by Gasteiger charge is 2.46. The third-order valence-corrected chi connectivity index (χ3v) is 8.63. The van der Waals surface area contributed by atoms with Gasteiger partial charge >= 0.3 is 0 Å². The molecule has 8 heteroatoms. The van der Waals surface area contributed by atoms with Crippen molar-refractivity contribution in [3.8, 4) is 10.6 Å². The molecule has 0 spiro atoms. The van der Waals surface area contributed by atoms with Crippen LogP contribution < -0.4 is 4.90 Å². The molecule has 2 aromatic heterocycles. The second-order valence-electron chi connectivity index (χ2n) is 11.4. The maximum atomic E-state index is 14.2. The lowest BCUT2D eigenvalue weighted by atomic mass is 9.85. The van der Waals surface area contributed by atoms with Gasteiger partial charge in [-0.25, -0.2) is 9.97 Å². The first kappa shape index (κ1) is 26.7. The van der Waals surface area contributed by atoms with Crippen molar-refractivity contribution in [3.63, 3.8) is 0 Å². The molecule has 7 nitrogen and oxygen atoms in total. The summed E-state index contributed by atoms with van der Waals surface area (Å²) in [5.41, 5.74) is 5.68. The number of anilines is 1. The molecule has 0 saturated heterocycles. The van der Waals surface area contributed by atoms with E-state index in [-0.39, 0.29) is 16.9 Å². The van der Waals surface area contributed by atoms with Gasteiger partial charge in [0.1, 0.15) is 5.01 Å². The minimum Gasteiger partial charge on any atom is -0.503 e. The number of carbonyl (C=O) groups is 2. The third-order valence-electron chi connectivity index (χ3n) is 7.42. The van der Waals surface area contributed by atoms with Gasteiger partial charge in [-0.1, -0.05) is 81.4 Å². The Kier molecular flexibility index (Phi) is 6.38. The Hall–Kier alpha value is -4.56. The molecule has 1 unspecified atom stereocenters. The van der Waals surface area contributed by atoms with Crippen LogP contribution in [0.5, 0.6) is 0 Å². The number of carbonyl (C=O) groups excluding carboxylic acids is 2. The number of hydrogen-bond donors (Lipinski definition) is 2. The fraction of sp³-hybridized carbons (Fsp3) is 0.212. The Morgan fingerprint density at radius 2 is 1.68 bits per heavy atom. The number of H-pyrrole nitrogens is 1. The van der Waals surface area contributed by atoms with Crippen LogP contribution in [0.3, 0.4) is 0 Å². The summed E-state index contributed by atoms with van der Waals surface area (Å²) in [6, 6.07) is 22.4. The highest BCUT2D eigenvalue weighted by molar-refractivity contribution is 7.17. The lowest BCUT2D eigenvalue weighted by Crippen LogP contribution is -2.32. The molecule has 0 aliphatic carbocycles. The van der Waals surface area contributed by atoms with Crippen molar-refractivity contribution >= 4 is 40.0 Å². The Morgan fingerprint density at radius 3 is 2.37 bits per heavy atom. The summed E-state index contributed by atoms with van der Waals surface area (Å²) in [5.74, 6) is -1.42. The first-order valence-electron chi connectivity index (χ1n) is 13.4. The second-order valence-corrected chi connectivity index (χ2v) is 12.4. The number of nitrogens with zero attached hydrogens (tertiary/aromatic N) is 3. The Labute approximate surface area is 242 Å². The van der Waals surface area contributed by atoms with Crippen molar-refractivity contribution in [2.24, 2.45) is 0 Å². The normalized spacial score (nSPS) is 15.8. The van der Waals surface area contributed by atoms with Crippen LogP contribution in [-0.4, -0.2) is 31.7 Å². The first-order chi connectivity index (χ1) is 19.5. The van der Waals surface area contributed by atoms with Gasteiger partial charge in [0.2, 0.25) is 11.7 Å². The zero-order valence-corrected chi connectivity index (χ0v) is 24.3. The number of aromatic amines is 1. The summed E-state index contributed by atoms with van der Waals surface area (Å²) in [6.45, 7) is 10.1. The molecule has 0 radical (unpaired) electrons. The van der Waals surface area contributed by atoms with Crippen molar-refractivity contribution in [1.29, 1.82) is 0 Å². The molecule has 41 heavy (non-hydrogen) atoms. The molecule has 1 aliphatic heterocycles. The summed E-state index contributed by atoms with van der Waals surface area (Å²) in [7, 11) is 0. The van der Waals surface area contributed by atoms with Crippen LogP contribution in [-0.2, 0) is 10.2 Å². The summed E-state index contributed by atoms with van der Waals surface area (Å²) >= 11 is 1.26. The van der Waals surface area contributed by atoms with Crippen LogP contribution >= 0.6 is 11.3 Å². The quantitative estimate of drug-likeness (QED) is 0.218. The minimum absolute atomic E-state index is 0.0153. The van der Waals surface area contributed by atoms with Gasteiger partial charge in [-0.05, 0) is 48.1 Å². The van der Waals surface area contributed by atoms with E-state index < -0.39 is 23.5 Å². The third kappa shape index (κ3) is 4.64. The Morgan fingerprint density at radius 1 is 0.976 bits per heavy atom. The van der Waals surface area contributed by atoms with E-state index in [4.69, 9.17) is 0 Å². The maximum absolute atomic E-state index is 14.2. The number of rotatable bonds is 5. The molecule has 5 aromatic rings. The van der Waals surface area contributed by atoms with Gasteiger partial charge in [-0.15, -0.1) is 11.3 Å². The second kappa shape index (κ2) is 9.82. The van der Waals surface area contributed by atoms with Gasteiger partial charge in [0.15, 0.2) is 5.76 Å². The fourth-order valence-corrected chi connectivity index (χ4v) is 6.22. The average molecular weight is 563 g/mol. The molecule has 1 atom stereocenters. The standard InChI is InChI=1S/C33H30N4O3S/c1-18-11-16-23-24(17-18)36-32(35-23)37-26(20-12-14-22(15-13-20)33(3,4)5)25(28(39)31(37)40)27(38)29-19(2)34-30(41-29)21-9-7-6-8-10-21/h6-17,26,39H,1-5H3,(H,35,36). The number of aromatic nitrogens is 3. The van der Waals surface area contributed by atoms with Gasteiger partial charge in [0, 0.05) is 5.56 Å². The number of aliphatic hydroxyl groups excluding tert-OH is 1. The molecular formula is C33H30N4O3S. The highest BCUT2D eigenvalue weighted by atomic mass is 32.1. The van der Waals surface area contributed by atoms with E-state index in [9.17, 15) is 14.7 Å². The lowest BCUT2D eigenvalue weighted by molar-refractivity contribution is -0.117. The number of fused-ring (bicyclic) bond motifs is 1. The van der Waals surface area contributed by atoms with Crippen molar-refractivity contribution in [2.45, 2.75) is 46.1 Å². The van der Waals surface area contributed by atoms with Crippen LogP contribution in [0.4, 0.5) is 5.95 Å². The van der Waals surface area contributed by atoms with Crippen LogP contribution in [0, 0.1) is 13.8 Å². The zero-order valence-electron chi connectivity index (χ0n) is 23.5. The monoisotopic (exact) mass is 562 g/mol. The Bertz CT molecular complexity index is 1840. The number of Topliss-reactive ketones (excluding diaryl/α,β-unsaturated/α-hetero) is 1. The summed E-state index contributed by atoms with van der Waals surface area (Å²) in [6.07, 6.45) is 0. The molecule has 3 aromatic carbocycles. The van der Waals surface area contributed by atoms with E-state index in [1.54, 1.807) is 6.92 Å².